The van der Waals surface area contributed by atoms with E-state index < -0.39 is 0 Å². The van der Waals surface area contributed by atoms with E-state index in [-0.39, 0.29) is 17.5 Å². The van der Waals surface area contributed by atoms with E-state index in [0.717, 1.165) is 25.8 Å². The summed E-state index contributed by atoms with van der Waals surface area (Å²) in [5.41, 5.74) is 3.17. The Morgan fingerprint density at radius 2 is 2.00 bits per heavy atom. The summed E-state index contributed by atoms with van der Waals surface area (Å²) in [4.78, 5) is 34.5. The number of benzene rings is 2. The summed E-state index contributed by atoms with van der Waals surface area (Å²) >= 11 is 0. The van der Waals surface area contributed by atoms with Crippen LogP contribution in [0, 0.1) is 0 Å². The number of hydrogen-bond acceptors (Lipinski definition) is 4. The second-order valence-corrected chi connectivity index (χ2v) is 7.86. The van der Waals surface area contributed by atoms with Gasteiger partial charge in [0, 0.05) is 13.0 Å². The number of carbonyl (C=O) groups is 1. The molecule has 2 N–H and O–H groups in total. The molecule has 1 atom stereocenters. The molecule has 0 bridgehead atoms. The average Bonchev–Trinajstić information content (AvgIpc) is 2.77. The van der Waals surface area contributed by atoms with Gasteiger partial charge in [0.15, 0.2) is 0 Å². The predicted molar refractivity (Wildman–Crippen MR) is 118 cm³/mol. The van der Waals surface area contributed by atoms with Gasteiger partial charge in [-0.15, -0.1) is 0 Å². The van der Waals surface area contributed by atoms with Crippen LogP contribution in [-0.4, -0.2) is 33.9 Å². The van der Waals surface area contributed by atoms with E-state index in [4.69, 9.17) is 0 Å². The van der Waals surface area contributed by atoms with E-state index in [1.165, 1.54) is 11.1 Å². The lowest BCUT2D eigenvalue weighted by Gasteiger charge is -2.27. The Bertz CT molecular complexity index is 1090. The van der Waals surface area contributed by atoms with Gasteiger partial charge in [-0.25, -0.2) is 4.98 Å². The zero-order valence-corrected chi connectivity index (χ0v) is 17.4. The van der Waals surface area contributed by atoms with E-state index in [9.17, 15) is 9.59 Å². The van der Waals surface area contributed by atoms with Gasteiger partial charge in [0.1, 0.15) is 5.82 Å². The normalized spacial score (nSPS) is 15.9. The lowest BCUT2D eigenvalue weighted by Crippen LogP contribution is -2.34. The molecule has 6 nitrogen and oxygen atoms in total. The maximum atomic E-state index is 12.6. The van der Waals surface area contributed by atoms with Crippen LogP contribution < -0.4 is 10.9 Å². The van der Waals surface area contributed by atoms with Crippen molar-refractivity contribution >= 4 is 16.8 Å². The van der Waals surface area contributed by atoms with Crippen molar-refractivity contribution in [3.63, 3.8) is 0 Å². The molecule has 30 heavy (non-hydrogen) atoms. The molecule has 4 rings (SSSR count). The van der Waals surface area contributed by atoms with Crippen molar-refractivity contribution in [2.75, 3.05) is 13.1 Å². The first kappa shape index (κ1) is 20.3. The molecular weight excluding hydrogens is 376 g/mol. The molecular formula is C24H28N4O2. The highest BCUT2D eigenvalue weighted by Gasteiger charge is 2.21. The van der Waals surface area contributed by atoms with E-state index >= 15 is 0 Å². The Hall–Kier alpha value is -2.99. The maximum Gasteiger partial charge on any atom is 0.258 e. The quantitative estimate of drug-likeness (QED) is 0.633. The summed E-state index contributed by atoms with van der Waals surface area (Å²) in [6.45, 7) is 3.95. The van der Waals surface area contributed by atoms with Crippen LogP contribution in [0.5, 0.6) is 0 Å². The SMILES string of the molecule is CCN(CCC(=O)NC1CCCc2ccccc21)Cc1nc2ccccc2c(=O)[nH]1. The number of hydrogen-bond donors (Lipinski definition) is 2. The summed E-state index contributed by atoms with van der Waals surface area (Å²) in [7, 11) is 0. The minimum absolute atomic E-state index is 0.0649. The molecule has 156 valence electrons. The van der Waals surface area contributed by atoms with Gasteiger partial charge in [-0.05, 0) is 49.1 Å². The second-order valence-electron chi connectivity index (χ2n) is 7.86. The van der Waals surface area contributed by atoms with Crippen LogP contribution in [0.2, 0.25) is 0 Å². The first-order valence-corrected chi connectivity index (χ1v) is 10.7. The number of carbonyl (C=O) groups excluding carboxylic acids is 1. The molecule has 1 aromatic heterocycles. The van der Waals surface area contributed by atoms with E-state index in [2.05, 4.69) is 45.3 Å². The molecule has 6 heteroatoms. The van der Waals surface area contributed by atoms with Crippen LogP contribution in [0.4, 0.5) is 0 Å². The van der Waals surface area contributed by atoms with Crippen molar-refractivity contribution < 1.29 is 4.79 Å². The van der Waals surface area contributed by atoms with Crippen LogP contribution in [0.25, 0.3) is 10.9 Å². The molecule has 1 amide bonds. The third-order valence-electron chi connectivity index (χ3n) is 5.84. The molecule has 0 spiro atoms. The molecule has 2 aromatic carbocycles. The van der Waals surface area contributed by atoms with Crippen molar-refractivity contribution in [3.05, 3.63) is 75.8 Å². The molecule has 1 unspecified atom stereocenters. The molecule has 0 aliphatic heterocycles. The Kier molecular flexibility index (Phi) is 6.23. The number of para-hydroxylation sites is 1. The number of amides is 1. The zero-order valence-electron chi connectivity index (χ0n) is 17.4. The van der Waals surface area contributed by atoms with E-state index in [1.807, 2.05) is 24.3 Å². The highest BCUT2D eigenvalue weighted by atomic mass is 16.1. The van der Waals surface area contributed by atoms with E-state index in [0.29, 0.717) is 36.2 Å². The number of aromatic amines is 1. The number of nitrogens with zero attached hydrogens (tertiary/aromatic N) is 2. The van der Waals surface area contributed by atoms with Crippen molar-refractivity contribution in [1.82, 2.24) is 20.2 Å². The van der Waals surface area contributed by atoms with Crippen LogP contribution >= 0.6 is 0 Å². The molecule has 0 radical (unpaired) electrons. The molecule has 3 aromatic rings. The molecule has 0 fully saturated rings. The first-order valence-electron chi connectivity index (χ1n) is 10.7. The summed E-state index contributed by atoms with van der Waals surface area (Å²) in [6.07, 6.45) is 3.60. The smallest absolute Gasteiger partial charge is 0.258 e. The predicted octanol–water partition coefficient (Wildman–Crippen LogP) is 3.33. The van der Waals surface area contributed by atoms with Gasteiger partial charge in [-0.1, -0.05) is 43.3 Å². The van der Waals surface area contributed by atoms with Crippen molar-refractivity contribution in [1.29, 1.82) is 0 Å². The van der Waals surface area contributed by atoms with Crippen LogP contribution in [0.15, 0.2) is 53.3 Å². The van der Waals surface area contributed by atoms with Gasteiger partial charge in [-0.3, -0.25) is 14.5 Å². The average molecular weight is 405 g/mol. The van der Waals surface area contributed by atoms with Gasteiger partial charge in [0.2, 0.25) is 5.91 Å². The highest BCUT2D eigenvalue weighted by Crippen LogP contribution is 2.29. The molecule has 0 saturated carbocycles. The molecule has 1 aliphatic carbocycles. The lowest BCUT2D eigenvalue weighted by atomic mass is 9.87. The molecule has 0 saturated heterocycles. The van der Waals surface area contributed by atoms with Gasteiger partial charge >= 0.3 is 0 Å². The summed E-state index contributed by atoms with van der Waals surface area (Å²) in [5.74, 6) is 0.692. The number of aryl methyl sites for hydroxylation is 1. The number of fused-ring (bicyclic) bond motifs is 2. The Labute approximate surface area is 176 Å². The van der Waals surface area contributed by atoms with Gasteiger partial charge in [-0.2, -0.15) is 0 Å². The Morgan fingerprint density at radius 3 is 2.87 bits per heavy atom. The second kappa shape index (κ2) is 9.22. The fourth-order valence-corrected chi connectivity index (χ4v) is 4.20. The Morgan fingerprint density at radius 1 is 1.20 bits per heavy atom. The number of nitrogens with one attached hydrogen (secondary N) is 2. The van der Waals surface area contributed by atoms with Crippen molar-refractivity contribution in [3.8, 4) is 0 Å². The van der Waals surface area contributed by atoms with Crippen LogP contribution in [0.1, 0.15) is 49.2 Å². The summed E-state index contributed by atoms with van der Waals surface area (Å²) in [5, 5.41) is 3.81. The minimum Gasteiger partial charge on any atom is -0.349 e. The zero-order chi connectivity index (χ0) is 20.9. The minimum atomic E-state index is -0.125. The fourth-order valence-electron chi connectivity index (χ4n) is 4.20. The first-order chi connectivity index (χ1) is 14.6. The molecule has 1 aliphatic rings. The van der Waals surface area contributed by atoms with Crippen LogP contribution in [-0.2, 0) is 17.8 Å². The van der Waals surface area contributed by atoms with Gasteiger partial charge in [0.25, 0.3) is 5.56 Å². The third-order valence-corrected chi connectivity index (χ3v) is 5.84. The topological polar surface area (TPSA) is 78.1 Å². The number of H-pyrrole nitrogens is 1. The summed E-state index contributed by atoms with van der Waals surface area (Å²) < 4.78 is 0. The Balaban J connectivity index is 1.36. The monoisotopic (exact) mass is 404 g/mol. The van der Waals surface area contributed by atoms with Crippen molar-refractivity contribution in [2.45, 2.75) is 45.2 Å². The number of aromatic nitrogens is 2. The van der Waals surface area contributed by atoms with Crippen LogP contribution in [0.3, 0.4) is 0 Å². The lowest BCUT2D eigenvalue weighted by molar-refractivity contribution is -0.122. The third kappa shape index (κ3) is 4.60. The largest absolute Gasteiger partial charge is 0.349 e. The highest BCUT2D eigenvalue weighted by molar-refractivity contribution is 5.77. The fraction of sp³-hybridized carbons (Fsp3) is 0.375. The summed E-state index contributed by atoms with van der Waals surface area (Å²) in [6, 6.07) is 15.8. The number of rotatable bonds is 7. The van der Waals surface area contributed by atoms with Gasteiger partial charge in [0.05, 0.1) is 23.5 Å². The maximum absolute atomic E-state index is 12.6. The van der Waals surface area contributed by atoms with E-state index in [1.54, 1.807) is 6.07 Å². The molecule has 1 heterocycles. The van der Waals surface area contributed by atoms with Crippen molar-refractivity contribution in [2.24, 2.45) is 0 Å². The standard InChI is InChI=1S/C24H28N4O2/c1-2-28(16-22-25-21-12-6-5-11-19(21)24(30)27-22)15-14-23(29)26-20-13-7-9-17-8-3-4-10-18(17)20/h3-6,8,10-12,20H,2,7,9,13-16H2,1H3,(H,26,29)(H,25,27,30). The van der Waals surface area contributed by atoms with Gasteiger partial charge < -0.3 is 10.3 Å².